The minimum Gasteiger partial charge on any atom is -0.385 e. The van der Waals surface area contributed by atoms with Gasteiger partial charge in [0, 0.05) is 17.8 Å². The monoisotopic (exact) mass is 282 g/mol. The molecule has 0 saturated heterocycles. The Bertz CT molecular complexity index is 517. The molecule has 2 N–H and O–H groups in total. The molecule has 106 valence electrons. The Balaban J connectivity index is 2.15. The second kappa shape index (κ2) is 5.51. The van der Waals surface area contributed by atoms with E-state index in [0.717, 1.165) is 37.9 Å². The number of hydrogen-bond acceptors (Lipinski definition) is 3. The van der Waals surface area contributed by atoms with Crippen molar-refractivity contribution in [2.45, 2.75) is 50.0 Å². The van der Waals surface area contributed by atoms with Gasteiger partial charge in [-0.1, -0.05) is 12.8 Å². The molecule has 0 atom stereocenters. The van der Waals surface area contributed by atoms with Gasteiger partial charge in [0.05, 0.1) is 4.90 Å². The summed E-state index contributed by atoms with van der Waals surface area (Å²) < 4.78 is 27.5. The maximum Gasteiger partial charge on any atom is 0.241 e. The smallest absolute Gasteiger partial charge is 0.241 e. The van der Waals surface area contributed by atoms with Crippen molar-refractivity contribution in [2.24, 2.45) is 0 Å². The van der Waals surface area contributed by atoms with Gasteiger partial charge in [0.15, 0.2) is 0 Å². The summed E-state index contributed by atoms with van der Waals surface area (Å²) in [6.07, 6.45) is 4.03. The Labute approximate surface area is 115 Å². The number of sulfonamides is 1. The molecule has 1 aliphatic carbocycles. The van der Waals surface area contributed by atoms with Gasteiger partial charge < -0.3 is 5.32 Å². The highest BCUT2D eigenvalue weighted by Crippen LogP contribution is 2.30. The Morgan fingerprint density at radius 3 is 2.26 bits per heavy atom. The predicted molar refractivity (Wildman–Crippen MR) is 77.8 cm³/mol. The minimum atomic E-state index is -3.41. The van der Waals surface area contributed by atoms with E-state index in [0.29, 0.717) is 4.90 Å². The standard InChI is InChI=1S/C14H22N2O2S/c1-3-15-12-6-8-13(9-7-12)19(17,18)16-14(2)10-4-5-11-14/h6-9,15-16H,3-5,10-11H2,1-2H3. The second-order valence-electron chi connectivity index (χ2n) is 5.43. The number of anilines is 1. The topological polar surface area (TPSA) is 58.2 Å². The lowest BCUT2D eigenvalue weighted by Gasteiger charge is -2.24. The first-order valence-electron chi connectivity index (χ1n) is 6.83. The molecule has 0 spiro atoms. The van der Waals surface area contributed by atoms with Crippen LogP contribution in [0.5, 0.6) is 0 Å². The van der Waals surface area contributed by atoms with E-state index in [2.05, 4.69) is 10.0 Å². The van der Waals surface area contributed by atoms with Crippen LogP contribution >= 0.6 is 0 Å². The zero-order valence-corrected chi connectivity index (χ0v) is 12.4. The quantitative estimate of drug-likeness (QED) is 0.873. The molecule has 19 heavy (non-hydrogen) atoms. The van der Waals surface area contributed by atoms with Gasteiger partial charge in [-0.25, -0.2) is 13.1 Å². The van der Waals surface area contributed by atoms with Crippen LogP contribution in [0.1, 0.15) is 39.5 Å². The van der Waals surface area contributed by atoms with Crippen LogP contribution in [-0.2, 0) is 10.0 Å². The number of nitrogens with one attached hydrogen (secondary N) is 2. The Morgan fingerprint density at radius 1 is 1.16 bits per heavy atom. The molecule has 0 amide bonds. The molecule has 1 saturated carbocycles. The van der Waals surface area contributed by atoms with Crippen LogP contribution in [0.2, 0.25) is 0 Å². The van der Waals surface area contributed by atoms with Crippen molar-refractivity contribution in [1.82, 2.24) is 4.72 Å². The van der Waals surface area contributed by atoms with Gasteiger partial charge in [-0.2, -0.15) is 0 Å². The molecule has 1 aromatic rings. The van der Waals surface area contributed by atoms with Crippen LogP contribution in [-0.4, -0.2) is 20.5 Å². The third kappa shape index (κ3) is 3.48. The van der Waals surface area contributed by atoms with Crippen LogP contribution in [0.15, 0.2) is 29.2 Å². The van der Waals surface area contributed by atoms with Gasteiger partial charge in [-0.3, -0.25) is 0 Å². The lowest BCUT2D eigenvalue weighted by atomic mass is 10.0. The molecule has 5 heteroatoms. The molecule has 4 nitrogen and oxygen atoms in total. The first-order valence-corrected chi connectivity index (χ1v) is 8.31. The second-order valence-corrected chi connectivity index (χ2v) is 7.11. The molecule has 0 aromatic heterocycles. The Morgan fingerprint density at radius 2 is 1.74 bits per heavy atom. The Hall–Kier alpha value is -1.07. The summed E-state index contributed by atoms with van der Waals surface area (Å²) in [5.41, 5.74) is 0.660. The van der Waals surface area contributed by atoms with Crippen molar-refractivity contribution >= 4 is 15.7 Å². The van der Waals surface area contributed by atoms with E-state index in [9.17, 15) is 8.42 Å². The number of hydrogen-bond donors (Lipinski definition) is 2. The molecular weight excluding hydrogens is 260 g/mol. The summed E-state index contributed by atoms with van der Waals surface area (Å²) in [5.74, 6) is 0. The summed E-state index contributed by atoms with van der Waals surface area (Å²) >= 11 is 0. The van der Waals surface area contributed by atoms with Crippen molar-refractivity contribution in [3.8, 4) is 0 Å². The predicted octanol–water partition coefficient (Wildman–Crippen LogP) is 2.73. The normalized spacial score (nSPS) is 18.4. The van der Waals surface area contributed by atoms with E-state index >= 15 is 0 Å². The largest absolute Gasteiger partial charge is 0.385 e. The van der Waals surface area contributed by atoms with E-state index in [-0.39, 0.29) is 5.54 Å². The van der Waals surface area contributed by atoms with Gasteiger partial charge >= 0.3 is 0 Å². The molecule has 0 radical (unpaired) electrons. The summed E-state index contributed by atoms with van der Waals surface area (Å²) in [5, 5.41) is 3.15. The van der Waals surface area contributed by atoms with Crippen LogP contribution in [0.4, 0.5) is 5.69 Å². The van der Waals surface area contributed by atoms with Crippen molar-refractivity contribution in [3.63, 3.8) is 0 Å². The lowest BCUT2D eigenvalue weighted by molar-refractivity contribution is 0.427. The van der Waals surface area contributed by atoms with Crippen LogP contribution in [0.3, 0.4) is 0 Å². The van der Waals surface area contributed by atoms with Crippen molar-refractivity contribution in [3.05, 3.63) is 24.3 Å². The molecule has 2 rings (SSSR count). The van der Waals surface area contributed by atoms with Crippen molar-refractivity contribution in [1.29, 1.82) is 0 Å². The fraction of sp³-hybridized carbons (Fsp3) is 0.571. The van der Waals surface area contributed by atoms with E-state index in [1.807, 2.05) is 13.8 Å². The first kappa shape index (κ1) is 14.3. The fourth-order valence-corrected chi connectivity index (χ4v) is 4.06. The van der Waals surface area contributed by atoms with Crippen LogP contribution in [0.25, 0.3) is 0 Å². The maximum absolute atomic E-state index is 12.3. The van der Waals surface area contributed by atoms with Gasteiger partial charge in [-0.15, -0.1) is 0 Å². The maximum atomic E-state index is 12.3. The van der Waals surface area contributed by atoms with E-state index in [1.54, 1.807) is 24.3 Å². The van der Waals surface area contributed by atoms with Crippen LogP contribution in [0, 0.1) is 0 Å². The number of rotatable bonds is 5. The van der Waals surface area contributed by atoms with Gasteiger partial charge in [0.2, 0.25) is 10.0 Å². The van der Waals surface area contributed by atoms with Gasteiger partial charge in [0.1, 0.15) is 0 Å². The molecule has 0 unspecified atom stereocenters. The lowest BCUT2D eigenvalue weighted by Crippen LogP contribution is -2.43. The SMILES string of the molecule is CCNc1ccc(S(=O)(=O)NC2(C)CCCC2)cc1. The zero-order chi connectivity index (χ0) is 13.9. The molecule has 0 bridgehead atoms. The van der Waals surface area contributed by atoms with Gasteiger partial charge in [0.25, 0.3) is 0 Å². The first-order chi connectivity index (χ1) is 8.95. The summed E-state index contributed by atoms with van der Waals surface area (Å²) in [7, 11) is -3.41. The van der Waals surface area contributed by atoms with E-state index in [1.165, 1.54) is 0 Å². The van der Waals surface area contributed by atoms with Crippen molar-refractivity contribution in [2.75, 3.05) is 11.9 Å². The minimum absolute atomic E-state index is 0.279. The van der Waals surface area contributed by atoms with E-state index in [4.69, 9.17) is 0 Å². The molecule has 0 aliphatic heterocycles. The highest BCUT2D eigenvalue weighted by molar-refractivity contribution is 7.89. The highest BCUT2D eigenvalue weighted by Gasteiger charge is 2.33. The summed E-state index contributed by atoms with van der Waals surface area (Å²) in [6, 6.07) is 6.90. The van der Waals surface area contributed by atoms with Gasteiger partial charge in [-0.05, 0) is 51.0 Å². The third-order valence-electron chi connectivity index (χ3n) is 3.63. The molecule has 1 aliphatic rings. The molecule has 0 heterocycles. The molecule has 1 fully saturated rings. The zero-order valence-electron chi connectivity index (χ0n) is 11.6. The third-order valence-corrected chi connectivity index (χ3v) is 5.29. The summed E-state index contributed by atoms with van der Waals surface area (Å²) in [6.45, 7) is 4.82. The average Bonchev–Trinajstić information content (AvgIpc) is 2.76. The highest BCUT2D eigenvalue weighted by atomic mass is 32.2. The number of benzene rings is 1. The summed E-state index contributed by atoms with van der Waals surface area (Å²) in [4.78, 5) is 0.335. The van der Waals surface area contributed by atoms with Crippen LogP contribution < -0.4 is 10.0 Å². The Kier molecular flexibility index (Phi) is 4.16. The average molecular weight is 282 g/mol. The molecular formula is C14H22N2O2S. The van der Waals surface area contributed by atoms with E-state index < -0.39 is 10.0 Å². The van der Waals surface area contributed by atoms with Crippen molar-refractivity contribution < 1.29 is 8.42 Å². The fourth-order valence-electron chi connectivity index (χ4n) is 2.60. The molecule has 1 aromatic carbocycles.